The van der Waals surface area contributed by atoms with E-state index in [1.807, 2.05) is 34.5 Å². The Balaban J connectivity index is 1.36. The van der Waals surface area contributed by atoms with Gasteiger partial charge in [0.05, 0.1) is 16.4 Å². The summed E-state index contributed by atoms with van der Waals surface area (Å²) in [4.78, 5) is 47.3. The van der Waals surface area contributed by atoms with Crippen LogP contribution in [0.4, 0.5) is 6.01 Å². The number of anilines is 1. The van der Waals surface area contributed by atoms with Gasteiger partial charge in [-0.2, -0.15) is 9.55 Å². The molecule has 0 bridgehead atoms. The monoisotopic (exact) mass is 515 g/mol. The second-order valence-electron chi connectivity index (χ2n) is 7.54. The molecule has 13 nitrogen and oxygen atoms in total. The number of fused-ring (bicyclic) bond motifs is 2. The minimum atomic E-state index is -1.45. The zero-order valence-corrected chi connectivity index (χ0v) is 19.7. The maximum atomic E-state index is 12.9. The largest absolute Gasteiger partial charge is 0.543 e. The predicted molar refractivity (Wildman–Crippen MR) is 121 cm³/mol. The van der Waals surface area contributed by atoms with Crippen LogP contribution in [0.15, 0.2) is 50.9 Å². The molecule has 2 amide bonds. The number of hydrogen-bond donors (Lipinski definition) is 2. The SMILES string of the molecule is CON=C(C(=O)NC1C(=O)N2C(C(=O)[O-])=C(C[n+]3ccc4ccsc4c3)CS[C@H]12)c1noc(N)n1. The number of hydrogen-bond acceptors (Lipinski definition) is 12. The number of nitrogens with zero attached hydrogens (tertiary/aromatic N) is 5. The zero-order valence-electron chi connectivity index (χ0n) is 18.0. The van der Waals surface area contributed by atoms with Crippen molar-refractivity contribution < 1.29 is 33.4 Å². The Morgan fingerprint density at radius 2 is 2.29 bits per heavy atom. The lowest BCUT2D eigenvalue weighted by molar-refractivity contribution is -0.687. The Bertz CT molecular complexity index is 1410. The highest BCUT2D eigenvalue weighted by Crippen LogP contribution is 2.40. The van der Waals surface area contributed by atoms with Crippen molar-refractivity contribution >= 4 is 62.7 Å². The smallest absolute Gasteiger partial charge is 0.319 e. The first-order valence-corrected chi connectivity index (χ1v) is 12.1. The summed E-state index contributed by atoms with van der Waals surface area (Å²) < 4.78 is 7.58. The Labute approximate surface area is 205 Å². The van der Waals surface area contributed by atoms with Crippen LogP contribution >= 0.6 is 23.1 Å². The van der Waals surface area contributed by atoms with Gasteiger partial charge in [0.1, 0.15) is 18.5 Å². The lowest BCUT2D eigenvalue weighted by Crippen LogP contribution is -2.71. The minimum Gasteiger partial charge on any atom is -0.543 e. The highest BCUT2D eigenvalue weighted by molar-refractivity contribution is 8.00. The number of aliphatic carboxylic acids is 1. The molecule has 0 spiro atoms. The van der Waals surface area contributed by atoms with E-state index in [9.17, 15) is 19.5 Å². The van der Waals surface area contributed by atoms with Gasteiger partial charge in [0.15, 0.2) is 18.9 Å². The number of carboxylic acid groups (broad SMARTS) is 1. The average Bonchev–Trinajstić information content (AvgIpc) is 3.48. The van der Waals surface area contributed by atoms with Crippen molar-refractivity contribution in [1.29, 1.82) is 0 Å². The van der Waals surface area contributed by atoms with Gasteiger partial charge in [-0.3, -0.25) is 14.5 Å². The number of oxime groups is 1. The van der Waals surface area contributed by atoms with Crippen molar-refractivity contribution in [3.63, 3.8) is 0 Å². The molecule has 15 heteroatoms. The van der Waals surface area contributed by atoms with Crippen molar-refractivity contribution in [2.45, 2.75) is 18.0 Å². The number of β-lactam (4-membered cyclic amide) rings is 1. The maximum absolute atomic E-state index is 12.9. The quantitative estimate of drug-likeness (QED) is 0.165. The molecule has 0 saturated carbocycles. The number of nitrogens with two attached hydrogens (primary N) is 1. The molecular formula is C20H17N7O6S2. The predicted octanol–water partition coefficient (Wildman–Crippen LogP) is -1.39. The van der Waals surface area contributed by atoms with Gasteiger partial charge >= 0.3 is 6.01 Å². The molecule has 1 fully saturated rings. The van der Waals surface area contributed by atoms with Crippen LogP contribution < -0.4 is 20.7 Å². The molecule has 0 radical (unpaired) electrons. The number of aromatic nitrogens is 3. The maximum Gasteiger partial charge on any atom is 0.319 e. The van der Waals surface area contributed by atoms with E-state index in [1.54, 1.807) is 11.3 Å². The fourth-order valence-electron chi connectivity index (χ4n) is 3.87. The van der Waals surface area contributed by atoms with Crippen LogP contribution in [0.3, 0.4) is 0 Å². The minimum absolute atomic E-state index is 0.181. The first-order valence-electron chi connectivity index (χ1n) is 10.1. The van der Waals surface area contributed by atoms with E-state index >= 15 is 0 Å². The first-order chi connectivity index (χ1) is 16.9. The van der Waals surface area contributed by atoms with Crippen LogP contribution in [-0.4, -0.2) is 62.8 Å². The number of pyridine rings is 1. The fourth-order valence-corrected chi connectivity index (χ4v) is 6.04. The standard InChI is InChI=1S/C20H17N7O6S2/c1-32-24-12(15-23-20(21)33-25-15)16(28)22-13-17(29)27-14(19(30)31)10(8-35-18(13)27)6-26-4-2-9-3-5-34-11(9)7-26/h2-5,7,13,18H,6,8H2,1H3,(H3-,21,22,23,25,28,30,31)/t13?,18-/m1/s1. The molecule has 1 saturated heterocycles. The van der Waals surface area contributed by atoms with Crippen molar-refractivity contribution in [2.75, 3.05) is 18.6 Å². The van der Waals surface area contributed by atoms with E-state index in [2.05, 4.69) is 30.0 Å². The second-order valence-corrected chi connectivity index (χ2v) is 9.59. The highest BCUT2D eigenvalue weighted by Gasteiger charge is 2.53. The van der Waals surface area contributed by atoms with Crippen LogP contribution in [-0.2, 0) is 25.8 Å². The highest BCUT2D eigenvalue weighted by atomic mass is 32.2. The van der Waals surface area contributed by atoms with Gasteiger partial charge in [-0.05, 0) is 11.4 Å². The number of amides is 2. The molecule has 1 unspecified atom stereocenters. The summed E-state index contributed by atoms with van der Waals surface area (Å²) in [5, 5.41) is 24.1. The molecule has 0 aliphatic carbocycles. The number of carboxylic acids is 1. The van der Waals surface area contributed by atoms with Gasteiger partial charge in [0, 0.05) is 22.8 Å². The van der Waals surface area contributed by atoms with Gasteiger partial charge in [0.25, 0.3) is 11.8 Å². The summed E-state index contributed by atoms with van der Waals surface area (Å²) >= 11 is 2.91. The van der Waals surface area contributed by atoms with Gasteiger partial charge in [0.2, 0.25) is 11.5 Å². The lowest BCUT2D eigenvalue weighted by atomic mass is 10.0. The summed E-state index contributed by atoms with van der Waals surface area (Å²) in [5.74, 6) is -2.74. The summed E-state index contributed by atoms with van der Waals surface area (Å²) in [7, 11) is 1.22. The number of nitrogens with one attached hydrogen (secondary N) is 1. The summed E-state index contributed by atoms with van der Waals surface area (Å²) in [6, 6.07) is 2.67. The first kappa shape index (κ1) is 22.8. The molecule has 3 N–H and O–H groups in total. The summed E-state index contributed by atoms with van der Waals surface area (Å²) in [5.41, 5.74) is 5.40. The second kappa shape index (κ2) is 8.99. The topological polar surface area (TPSA) is 180 Å². The van der Waals surface area contributed by atoms with Crippen LogP contribution in [0.2, 0.25) is 0 Å². The Morgan fingerprint density at radius 3 is 3.00 bits per heavy atom. The molecule has 0 aromatic carbocycles. The van der Waals surface area contributed by atoms with Gasteiger partial charge in [-0.1, -0.05) is 10.3 Å². The number of rotatable bonds is 7. The van der Waals surface area contributed by atoms with E-state index in [0.29, 0.717) is 11.3 Å². The van der Waals surface area contributed by atoms with Crippen molar-refractivity contribution in [2.24, 2.45) is 5.16 Å². The van der Waals surface area contributed by atoms with Crippen LogP contribution in [0.1, 0.15) is 5.82 Å². The number of thioether (sulfide) groups is 1. The molecule has 2 atom stereocenters. The Morgan fingerprint density at radius 1 is 1.46 bits per heavy atom. The van der Waals surface area contributed by atoms with Crippen LogP contribution in [0.5, 0.6) is 0 Å². The fraction of sp³-hybridized carbons (Fsp3) is 0.250. The van der Waals surface area contributed by atoms with Crippen LogP contribution in [0, 0.1) is 0 Å². The van der Waals surface area contributed by atoms with E-state index < -0.39 is 29.2 Å². The van der Waals surface area contributed by atoms with Crippen molar-refractivity contribution in [3.05, 3.63) is 47.0 Å². The normalized spacial score (nSPS) is 20.0. The molecule has 3 aromatic heterocycles. The average molecular weight is 516 g/mol. The van der Waals surface area contributed by atoms with Gasteiger partial charge in [-0.25, -0.2) is 0 Å². The molecular weight excluding hydrogens is 498 g/mol. The van der Waals surface area contributed by atoms with E-state index in [1.165, 1.54) is 18.9 Å². The van der Waals surface area contributed by atoms with E-state index in [-0.39, 0.29) is 29.8 Å². The molecule has 5 heterocycles. The molecule has 35 heavy (non-hydrogen) atoms. The number of carbonyl (C=O) groups is 3. The number of carbonyl (C=O) groups excluding carboxylic acids is 3. The molecule has 2 aliphatic heterocycles. The van der Waals surface area contributed by atoms with Gasteiger partial charge in [-0.15, -0.1) is 23.1 Å². The third-order valence-electron chi connectivity index (χ3n) is 5.41. The lowest BCUT2D eigenvalue weighted by Gasteiger charge is -2.50. The molecule has 180 valence electrons. The third-order valence-corrected chi connectivity index (χ3v) is 7.61. The number of thiophene rings is 1. The Kier molecular flexibility index (Phi) is 5.86. The van der Waals surface area contributed by atoms with Crippen molar-refractivity contribution in [1.82, 2.24) is 20.4 Å². The van der Waals surface area contributed by atoms with E-state index in [0.717, 1.165) is 15.0 Å². The number of nitrogen functional groups attached to an aromatic ring is 1. The van der Waals surface area contributed by atoms with E-state index in [4.69, 9.17) is 5.73 Å². The molecule has 3 aromatic rings. The van der Waals surface area contributed by atoms with Crippen LogP contribution in [0.25, 0.3) is 10.1 Å². The molecule has 5 rings (SSSR count). The van der Waals surface area contributed by atoms with Gasteiger partial charge < -0.3 is 30.3 Å². The Hall–Kier alpha value is -3.98. The zero-order chi connectivity index (χ0) is 24.7. The third kappa shape index (κ3) is 4.08. The summed E-state index contributed by atoms with van der Waals surface area (Å²) in [6.07, 6.45) is 3.78. The summed E-state index contributed by atoms with van der Waals surface area (Å²) in [6.45, 7) is 0.279. The molecule has 2 aliphatic rings. The van der Waals surface area contributed by atoms with Crippen molar-refractivity contribution in [3.8, 4) is 0 Å².